The van der Waals surface area contributed by atoms with Crippen molar-refractivity contribution in [3.05, 3.63) is 18.0 Å². The Kier molecular flexibility index (Phi) is 5.97. The van der Waals surface area contributed by atoms with Crippen molar-refractivity contribution in [2.45, 2.75) is 65.6 Å². The molecule has 0 aromatic carbocycles. The second kappa shape index (κ2) is 7.74. The first kappa shape index (κ1) is 16.2. The van der Waals surface area contributed by atoms with Crippen LogP contribution < -0.4 is 4.90 Å². The summed E-state index contributed by atoms with van der Waals surface area (Å²) >= 11 is 0. The first-order chi connectivity index (χ1) is 10.1. The quantitative estimate of drug-likeness (QED) is 0.804. The lowest BCUT2D eigenvalue weighted by atomic mass is 9.92. The van der Waals surface area contributed by atoms with Gasteiger partial charge in [0.25, 0.3) is 0 Å². The molecule has 4 heteroatoms. The van der Waals surface area contributed by atoms with Crippen LogP contribution in [-0.2, 0) is 11.2 Å². The fourth-order valence-corrected chi connectivity index (χ4v) is 3.04. The molecule has 0 spiro atoms. The fourth-order valence-electron chi connectivity index (χ4n) is 3.04. The van der Waals surface area contributed by atoms with E-state index in [0.717, 1.165) is 44.7 Å². The monoisotopic (exact) mass is 291 g/mol. The van der Waals surface area contributed by atoms with Crippen LogP contribution in [0.4, 0.5) is 5.95 Å². The molecule has 118 valence electrons. The highest BCUT2D eigenvalue weighted by molar-refractivity contribution is 5.30. The van der Waals surface area contributed by atoms with Crippen LogP contribution in [0.25, 0.3) is 0 Å². The minimum atomic E-state index is 0.312. The van der Waals surface area contributed by atoms with E-state index in [0.29, 0.717) is 18.1 Å². The molecule has 1 aromatic rings. The van der Waals surface area contributed by atoms with Crippen molar-refractivity contribution < 1.29 is 4.74 Å². The van der Waals surface area contributed by atoms with Crippen LogP contribution in [0.1, 0.15) is 52.5 Å². The van der Waals surface area contributed by atoms with Crippen LogP contribution in [0.5, 0.6) is 0 Å². The summed E-state index contributed by atoms with van der Waals surface area (Å²) in [5, 5.41) is 0. The third-order valence-corrected chi connectivity index (χ3v) is 4.20. The Morgan fingerprint density at radius 2 is 1.81 bits per heavy atom. The Hall–Kier alpha value is -1.16. The van der Waals surface area contributed by atoms with Gasteiger partial charge in [0.1, 0.15) is 0 Å². The van der Waals surface area contributed by atoms with Crippen LogP contribution in [0.2, 0.25) is 0 Å². The highest BCUT2D eigenvalue weighted by Crippen LogP contribution is 2.25. The summed E-state index contributed by atoms with van der Waals surface area (Å²) in [5.41, 5.74) is 1.23. The van der Waals surface area contributed by atoms with E-state index in [1.54, 1.807) is 0 Å². The molecule has 1 atom stereocenters. The largest absolute Gasteiger partial charge is 0.376 e. The van der Waals surface area contributed by atoms with Crippen molar-refractivity contribution in [3.63, 3.8) is 0 Å². The van der Waals surface area contributed by atoms with Gasteiger partial charge in [-0.05, 0) is 51.5 Å². The van der Waals surface area contributed by atoms with E-state index in [-0.39, 0.29) is 0 Å². The third-order valence-electron chi connectivity index (χ3n) is 4.20. The van der Waals surface area contributed by atoms with Crippen LogP contribution in [0.3, 0.4) is 0 Å². The number of hydrogen-bond acceptors (Lipinski definition) is 4. The van der Waals surface area contributed by atoms with Crippen molar-refractivity contribution >= 4 is 5.95 Å². The normalized spacial score (nSPS) is 18.2. The third kappa shape index (κ3) is 4.67. The molecule has 0 radical (unpaired) electrons. The molecule has 0 saturated carbocycles. The molecule has 2 heterocycles. The minimum Gasteiger partial charge on any atom is -0.376 e. The summed E-state index contributed by atoms with van der Waals surface area (Å²) in [7, 11) is 0. The second-order valence-electron chi connectivity index (χ2n) is 6.36. The number of aryl methyl sites for hydroxylation is 1. The molecule has 0 amide bonds. The average molecular weight is 291 g/mol. The SMILES string of the molecule is CCCc1cnc(N2CCC(C(C)OC(C)C)CC2)nc1. The molecule has 1 unspecified atom stereocenters. The van der Waals surface area contributed by atoms with Crippen molar-refractivity contribution in [3.8, 4) is 0 Å². The van der Waals surface area contributed by atoms with E-state index in [2.05, 4.69) is 42.6 Å². The maximum absolute atomic E-state index is 5.92. The van der Waals surface area contributed by atoms with Gasteiger partial charge in [-0.15, -0.1) is 0 Å². The standard InChI is InChI=1S/C17H29N3O/c1-5-6-15-11-18-17(19-12-15)20-9-7-16(8-10-20)14(4)21-13(2)3/h11-14,16H,5-10H2,1-4H3. The minimum absolute atomic E-state index is 0.312. The molecule has 1 aliphatic heterocycles. The summed E-state index contributed by atoms with van der Waals surface area (Å²) in [6.07, 6.45) is 9.13. The molecule has 4 nitrogen and oxygen atoms in total. The zero-order valence-corrected chi connectivity index (χ0v) is 13.9. The van der Waals surface area contributed by atoms with Gasteiger partial charge < -0.3 is 9.64 Å². The lowest BCUT2D eigenvalue weighted by molar-refractivity contribution is -0.0209. The van der Waals surface area contributed by atoms with E-state index >= 15 is 0 Å². The Morgan fingerprint density at radius 3 is 2.33 bits per heavy atom. The molecule has 0 bridgehead atoms. The van der Waals surface area contributed by atoms with Crippen molar-refractivity contribution in [1.82, 2.24) is 9.97 Å². The molecule has 0 N–H and O–H groups in total. The van der Waals surface area contributed by atoms with Crippen LogP contribution >= 0.6 is 0 Å². The van der Waals surface area contributed by atoms with Crippen molar-refractivity contribution in [2.75, 3.05) is 18.0 Å². The number of piperidine rings is 1. The van der Waals surface area contributed by atoms with Crippen LogP contribution in [0, 0.1) is 5.92 Å². The number of rotatable bonds is 6. The number of hydrogen-bond donors (Lipinski definition) is 0. The Morgan fingerprint density at radius 1 is 1.19 bits per heavy atom. The highest BCUT2D eigenvalue weighted by Gasteiger charge is 2.25. The maximum Gasteiger partial charge on any atom is 0.225 e. The van der Waals surface area contributed by atoms with E-state index < -0.39 is 0 Å². The zero-order valence-electron chi connectivity index (χ0n) is 13.9. The number of anilines is 1. The van der Waals surface area contributed by atoms with Crippen LogP contribution in [0.15, 0.2) is 12.4 Å². The van der Waals surface area contributed by atoms with E-state index in [4.69, 9.17) is 4.74 Å². The topological polar surface area (TPSA) is 38.2 Å². The lowest BCUT2D eigenvalue weighted by Gasteiger charge is -2.35. The molecule has 1 fully saturated rings. The van der Waals surface area contributed by atoms with Gasteiger partial charge in [-0.3, -0.25) is 0 Å². The maximum atomic E-state index is 5.92. The fraction of sp³-hybridized carbons (Fsp3) is 0.765. The van der Waals surface area contributed by atoms with E-state index in [1.165, 1.54) is 5.56 Å². The van der Waals surface area contributed by atoms with Gasteiger partial charge in [0.15, 0.2) is 0 Å². The number of nitrogens with zero attached hydrogens (tertiary/aromatic N) is 3. The summed E-state index contributed by atoms with van der Waals surface area (Å²) < 4.78 is 5.92. The smallest absolute Gasteiger partial charge is 0.225 e. The van der Waals surface area contributed by atoms with Crippen molar-refractivity contribution in [2.24, 2.45) is 5.92 Å². The predicted molar refractivity (Wildman–Crippen MR) is 86.6 cm³/mol. The molecule has 2 rings (SSSR count). The summed E-state index contributed by atoms with van der Waals surface area (Å²) in [6.45, 7) is 10.7. The van der Waals surface area contributed by atoms with Gasteiger partial charge in [0.2, 0.25) is 5.95 Å². The van der Waals surface area contributed by atoms with Gasteiger partial charge in [-0.25, -0.2) is 9.97 Å². The number of ether oxygens (including phenoxy) is 1. The summed E-state index contributed by atoms with van der Waals surface area (Å²) in [5.74, 6) is 1.54. The first-order valence-corrected chi connectivity index (χ1v) is 8.31. The van der Waals surface area contributed by atoms with Gasteiger partial charge in [-0.1, -0.05) is 13.3 Å². The van der Waals surface area contributed by atoms with Gasteiger partial charge in [0.05, 0.1) is 12.2 Å². The molecular formula is C17H29N3O. The Labute approximate surface area is 128 Å². The number of aromatic nitrogens is 2. The average Bonchev–Trinajstić information content (AvgIpc) is 2.48. The molecular weight excluding hydrogens is 262 g/mol. The van der Waals surface area contributed by atoms with Gasteiger partial charge in [0, 0.05) is 25.5 Å². The lowest BCUT2D eigenvalue weighted by Crippen LogP contribution is -2.39. The Balaban J connectivity index is 1.85. The van der Waals surface area contributed by atoms with Crippen LogP contribution in [-0.4, -0.2) is 35.3 Å². The van der Waals surface area contributed by atoms with Gasteiger partial charge in [-0.2, -0.15) is 0 Å². The molecule has 1 aromatic heterocycles. The Bertz CT molecular complexity index is 411. The molecule has 21 heavy (non-hydrogen) atoms. The molecule has 1 saturated heterocycles. The predicted octanol–water partition coefficient (Wildman–Crippen LogP) is 3.46. The zero-order chi connectivity index (χ0) is 15.2. The van der Waals surface area contributed by atoms with E-state index in [9.17, 15) is 0 Å². The summed E-state index contributed by atoms with van der Waals surface area (Å²) in [4.78, 5) is 11.3. The second-order valence-corrected chi connectivity index (χ2v) is 6.36. The summed E-state index contributed by atoms with van der Waals surface area (Å²) in [6, 6.07) is 0. The van der Waals surface area contributed by atoms with E-state index in [1.807, 2.05) is 12.4 Å². The molecule has 0 aliphatic carbocycles. The van der Waals surface area contributed by atoms with Crippen molar-refractivity contribution in [1.29, 1.82) is 0 Å². The van der Waals surface area contributed by atoms with Gasteiger partial charge >= 0.3 is 0 Å². The molecule has 1 aliphatic rings. The first-order valence-electron chi connectivity index (χ1n) is 8.31. The highest BCUT2D eigenvalue weighted by atomic mass is 16.5.